The van der Waals surface area contributed by atoms with Gasteiger partial charge in [-0.1, -0.05) is 39.5 Å². The van der Waals surface area contributed by atoms with Gasteiger partial charge in [-0.2, -0.15) is 0 Å². The molecule has 7 nitrogen and oxygen atoms in total. The molecule has 1 amide bonds. The fourth-order valence-corrected chi connectivity index (χ4v) is 2.86. The van der Waals surface area contributed by atoms with Crippen molar-refractivity contribution in [1.82, 2.24) is 16.0 Å². The molecule has 0 radical (unpaired) electrons. The number of likely N-dealkylation sites (N-methyl/N-ethyl adjacent to an activating group) is 1. The van der Waals surface area contributed by atoms with Crippen molar-refractivity contribution in [2.24, 2.45) is 5.92 Å². The van der Waals surface area contributed by atoms with E-state index in [4.69, 9.17) is 14.2 Å². The zero-order valence-corrected chi connectivity index (χ0v) is 20.6. The molecule has 0 aliphatic rings. The van der Waals surface area contributed by atoms with Gasteiger partial charge in [0.05, 0.1) is 45.2 Å². The highest BCUT2D eigenvalue weighted by Gasteiger charge is 2.31. The van der Waals surface area contributed by atoms with Gasteiger partial charge in [-0.25, -0.2) is 4.39 Å². The molecule has 0 aromatic carbocycles. The molecule has 186 valence electrons. The fourth-order valence-electron chi connectivity index (χ4n) is 2.86. The van der Waals surface area contributed by atoms with E-state index in [9.17, 15) is 9.18 Å². The zero-order chi connectivity index (χ0) is 23.4. The number of ether oxygens (including phenoxy) is 3. The molecule has 0 aliphatic heterocycles. The number of alkyl halides is 1. The molecule has 8 heteroatoms. The number of nitrogens with one attached hydrogen (secondary N) is 3. The number of carbonyl (C=O) groups excluding carboxylic acids is 1. The number of rotatable bonds is 22. The lowest BCUT2D eigenvalue weighted by Gasteiger charge is -2.29. The lowest BCUT2D eigenvalue weighted by atomic mass is 10.0. The summed E-state index contributed by atoms with van der Waals surface area (Å²) in [6, 6.07) is 0. The third kappa shape index (κ3) is 17.4. The van der Waals surface area contributed by atoms with E-state index in [2.05, 4.69) is 22.9 Å². The minimum atomic E-state index is -1.28. The topological polar surface area (TPSA) is 80.9 Å². The maximum Gasteiger partial charge on any atom is 0.222 e. The van der Waals surface area contributed by atoms with Crippen molar-refractivity contribution < 1.29 is 23.4 Å². The van der Waals surface area contributed by atoms with E-state index in [1.54, 1.807) is 13.8 Å². The highest BCUT2D eigenvalue weighted by atomic mass is 19.1. The van der Waals surface area contributed by atoms with Gasteiger partial charge in [0.1, 0.15) is 6.17 Å². The van der Waals surface area contributed by atoms with Crippen molar-refractivity contribution in [3.05, 3.63) is 0 Å². The molecule has 3 N–H and O–H groups in total. The van der Waals surface area contributed by atoms with Crippen molar-refractivity contribution in [2.45, 2.75) is 71.6 Å². The second kappa shape index (κ2) is 19.9. The molecule has 0 spiro atoms. The monoisotopic (exact) mass is 449 g/mol. The Hall–Kier alpha value is -0.800. The summed E-state index contributed by atoms with van der Waals surface area (Å²) in [6.45, 7) is 12.4. The van der Waals surface area contributed by atoms with Gasteiger partial charge in [0.25, 0.3) is 0 Å². The first-order chi connectivity index (χ1) is 14.8. The summed E-state index contributed by atoms with van der Waals surface area (Å²) in [5, 5.41) is 8.98. The molecular formula is C23H48FN3O4. The van der Waals surface area contributed by atoms with Crippen LogP contribution in [0.1, 0.15) is 59.8 Å². The number of hydrogen-bond donors (Lipinski definition) is 3. The van der Waals surface area contributed by atoms with Crippen molar-refractivity contribution in [3.63, 3.8) is 0 Å². The molecule has 0 bridgehead atoms. The fraction of sp³-hybridized carbons (Fsp3) is 0.957. The van der Waals surface area contributed by atoms with Gasteiger partial charge in [-0.3, -0.25) is 4.79 Å². The Bertz CT molecular complexity index is 428. The molecule has 31 heavy (non-hydrogen) atoms. The summed E-state index contributed by atoms with van der Waals surface area (Å²) in [5.41, 5.74) is -0.982. The van der Waals surface area contributed by atoms with Crippen LogP contribution < -0.4 is 16.0 Å². The van der Waals surface area contributed by atoms with Crippen LogP contribution in [-0.4, -0.2) is 83.9 Å². The van der Waals surface area contributed by atoms with Crippen LogP contribution in [0.5, 0.6) is 0 Å². The molecule has 0 heterocycles. The van der Waals surface area contributed by atoms with E-state index in [0.29, 0.717) is 33.0 Å². The Morgan fingerprint density at radius 3 is 2.26 bits per heavy atom. The van der Waals surface area contributed by atoms with E-state index in [1.807, 2.05) is 14.0 Å². The predicted molar refractivity (Wildman–Crippen MR) is 124 cm³/mol. The van der Waals surface area contributed by atoms with Crippen LogP contribution in [-0.2, 0) is 19.0 Å². The van der Waals surface area contributed by atoms with Crippen LogP contribution in [0.3, 0.4) is 0 Å². The molecule has 2 atom stereocenters. The van der Waals surface area contributed by atoms with E-state index < -0.39 is 11.8 Å². The zero-order valence-electron chi connectivity index (χ0n) is 20.6. The lowest BCUT2D eigenvalue weighted by Crippen LogP contribution is -2.45. The second-order valence-electron chi connectivity index (χ2n) is 8.49. The Morgan fingerprint density at radius 2 is 1.61 bits per heavy atom. The molecule has 0 aliphatic carbocycles. The third-order valence-corrected chi connectivity index (χ3v) is 5.19. The van der Waals surface area contributed by atoms with Crippen LogP contribution in [0.15, 0.2) is 0 Å². The van der Waals surface area contributed by atoms with E-state index in [1.165, 1.54) is 12.8 Å². The average molecular weight is 450 g/mol. The normalized spacial score (nSPS) is 13.9. The molecule has 0 fully saturated rings. The number of hydrogen-bond acceptors (Lipinski definition) is 6. The van der Waals surface area contributed by atoms with Gasteiger partial charge in [0.15, 0.2) is 0 Å². The van der Waals surface area contributed by atoms with Gasteiger partial charge in [-0.15, -0.1) is 0 Å². The van der Waals surface area contributed by atoms with Crippen molar-refractivity contribution in [2.75, 3.05) is 66.3 Å². The standard InChI is InChI=1S/C23H48FN3O4/c1-6-7-8-9-10-20(2)22(28)27-19-21(24)23(3,4)31-18-17-30-16-13-26-12-15-29-14-11-25-5/h20-21,25-26H,6-19H2,1-5H3,(H,27,28). The van der Waals surface area contributed by atoms with E-state index >= 15 is 0 Å². The van der Waals surface area contributed by atoms with Gasteiger partial charge in [0, 0.05) is 25.6 Å². The first-order valence-electron chi connectivity index (χ1n) is 11.9. The molecule has 0 saturated heterocycles. The van der Waals surface area contributed by atoms with E-state index in [-0.39, 0.29) is 18.4 Å². The van der Waals surface area contributed by atoms with E-state index in [0.717, 1.165) is 38.9 Å². The molecule has 0 saturated carbocycles. The van der Waals surface area contributed by atoms with Gasteiger partial charge in [-0.05, 0) is 27.3 Å². The van der Waals surface area contributed by atoms with Crippen LogP contribution in [0.2, 0.25) is 0 Å². The minimum Gasteiger partial charge on any atom is -0.379 e. The largest absolute Gasteiger partial charge is 0.379 e. The average Bonchev–Trinajstić information content (AvgIpc) is 2.75. The summed E-state index contributed by atoms with van der Waals surface area (Å²) in [4.78, 5) is 12.2. The summed E-state index contributed by atoms with van der Waals surface area (Å²) < 4.78 is 31.2. The number of unbranched alkanes of at least 4 members (excludes halogenated alkanes) is 3. The molecule has 2 unspecified atom stereocenters. The van der Waals surface area contributed by atoms with Gasteiger partial charge in [0.2, 0.25) is 5.91 Å². The number of halogens is 1. The number of amides is 1. The second-order valence-corrected chi connectivity index (χ2v) is 8.49. The molecular weight excluding hydrogens is 401 g/mol. The van der Waals surface area contributed by atoms with Crippen molar-refractivity contribution in [1.29, 1.82) is 0 Å². The molecule has 0 rings (SSSR count). The maximum absolute atomic E-state index is 14.6. The quantitative estimate of drug-likeness (QED) is 0.221. The third-order valence-electron chi connectivity index (χ3n) is 5.19. The van der Waals surface area contributed by atoms with Gasteiger partial charge < -0.3 is 30.2 Å². The first kappa shape index (κ1) is 30.2. The SMILES string of the molecule is CCCCCCC(C)C(=O)NCC(F)C(C)(C)OCCOCCNCCOCCNC. The minimum absolute atomic E-state index is 0.0354. The maximum atomic E-state index is 14.6. The van der Waals surface area contributed by atoms with Crippen molar-refractivity contribution >= 4 is 5.91 Å². The smallest absolute Gasteiger partial charge is 0.222 e. The Balaban J connectivity index is 3.75. The highest BCUT2D eigenvalue weighted by Crippen LogP contribution is 2.18. The van der Waals surface area contributed by atoms with Gasteiger partial charge >= 0.3 is 0 Å². The summed E-state index contributed by atoms with van der Waals surface area (Å²) >= 11 is 0. The molecule has 0 aromatic heterocycles. The van der Waals surface area contributed by atoms with Crippen molar-refractivity contribution in [3.8, 4) is 0 Å². The highest BCUT2D eigenvalue weighted by molar-refractivity contribution is 5.78. The summed E-state index contributed by atoms with van der Waals surface area (Å²) in [6.07, 6.45) is 4.11. The number of carbonyl (C=O) groups is 1. The molecule has 0 aromatic rings. The summed E-state index contributed by atoms with van der Waals surface area (Å²) in [7, 11) is 1.90. The van der Waals surface area contributed by atoms with Crippen LogP contribution in [0.4, 0.5) is 4.39 Å². The first-order valence-corrected chi connectivity index (χ1v) is 11.9. The van der Waals surface area contributed by atoms with Crippen LogP contribution in [0.25, 0.3) is 0 Å². The Labute approximate surface area is 189 Å². The predicted octanol–water partition coefficient (Wildman–Crippen LogP) is 2.68. The van der Waals surface area contributed by atoms with Crippen LogP contribution >= 0.6 is 0 Å². The summed E-state index contributed by atoms with van der Waals surface area (Å²) in [5.74, 6) is -0.173. The van der Waals surface area contributed by atoms with Crippen LogP contribution in [0, 0.1) is 5.92 Å². The Kier molecular flexibility index (Phi) is 19.3. The lowest BCUT2D eigenvalue weighted by molar-refractivity contribution is -0.126. The Morgan fingerprint density at radius 1 is 0.968 bits per heavy atom.